The lowest BCUT2D eigenvalue weighted by atomic mass is 10.0. The summed E-state index contributed by atoms with van der Waals surface area (Å²) in [5.41, 5.74) is 5.01. The van der Waals surface area contributed by atoms with Crippen molar-refractivity contribution in [1.29, 1.82) is 0 Å². The highest BCUT2D eigenvalue weighted by atomic mass is 16.5. The van der Waals surface area contributed by atoms with E-state index in [2.05, 4.69) is 17.3 Å². The molecule has 1 aromatic heterocycles. The molecule has 19 heavy (non-hydrogen) atoms. The Kier molecular flexibility index (Phi) is 4.89. The molecular weight excluding hydrogens is 238 g/mol. The average Bonchev–Trinajstić information content (AvgIpc) is 2.48. The van der Waals surface area contributed by atoms with E-state index in [1.165, 1.54) is 0 Å². The molecule has 1 atom stereocenters. The molecule has 4 nitrogen and oxygen atoms in total. The fourth-order valence-corrected chi connectivity index (χ4v) is 1.92. The number of nitrogens with two attached hydrogens (primary N) is 1. The predicted molar refractivity (Wildman–Crippen MR) is 75.6 cm³/mol. The standard InChI is InChI=1S/C15H19N3O/c1-2-11-19-14-5-3-12(4-6-14)15(18-16)13-7-9-17-10-8-13/h3-10,15,18H,2,11,16H2,1H3. The molecule has 0 bridgehead atoms. The number of hydrogen-bond donors (Lipinski definition) is 2. The number of hydrogen-bond acceptors (Lipinski definition) is 4. The van der Waals surface area contributed by atoms with Crippen LogP contribution in [-0.4, -0.2) is 11.6 Å². The summed E-state index contributed by atoms with van der Waals surface area (Å²) < 4.78 is 5.57. The second-order valence-corrected chi connectivity index (χ2v) is 4.30. The molecule has 0 fully saturated rings. The lowest BCUT2D eigenvalue weighted by Crippen LogP contribution is -2.28. The van der Waals surface area contributed by atoms with Crippen LogP contribution in [0.4, 0.5) is 0 Å². The third-order valence-corrected chi connectivity index (χ3v) is 2.89. The van der Waals surface area contributed by atoms with Crippen LogP contribution in [-0.2, 0) is 0 Å². The number of nitrogens with zero attached hydrogens (tertiary/aromatic N) is 1. The fourth-order valence-electron chi connectivity index (χ4n) is 1.92. The molecular formula is C15H19N3O. The predicted octanol–water partition coefficient (Wildman–Crippen LogP) is 2.42. The van der Waals surface area contributed by atoms with Crippen molar-refractivity contribution in [2.75, 3.05) is 6.61 Å². The largest absolute Gasteiger partial charge is 0.494 e. The Hall–Kier alpha value is -1.91. The van der Waals surface area contributed by atoms with Gasteiger partial charge in [-0.15, -0.1) is 0 Å². The van der Waals surface area contributed by atoms with Crippen LogP contribution in [0, 0.1) is 0 Å². The van der Waals surface area contributed by atoms with Crippen molar-refractivity contribution in [3.8, 4) is 5.75 Å². The second-order valence-electron chi connectivity index (χ2n) is 4.30. The number of nitrogens with one attached hydrogen (secondary N) is 1. The molecule has 2 aromatic rings. The summed E-state index contributed by atoms with van der Waals surface area (Å²) >= 11 is 0. The summed E-state index contributed by atoms with van der Waals surface area (Å²) in [6.07, 6.45) is 4.53. The Balaban J connectivity index is 2.15. The summed E-state index contributed by atoms with van der Waals surface area (Å²) in [5.74, 6) is 6.54. The number of benzene rings is 1. The van der Waals surface area contributed by atoms with Crippen molar-refractivity contribution in [2.45, 2.75) is 19.4 Å². The molecule has 2 rings (SSSR count). The smallest absolute Gasteiger partial charge is 0.119 e. The molecule has 0 saturated heterocycles. The van der Waals surface area contributed by atoms with E-state index in [-0.39, 0.29) is 6.04 Å². The zero-order valence-electron chi connectivity index (χ0n) is 11.0. The first-order valence-electron chi connectivity index (χ1n) is 6.44. The van der Waals surface area contributed by atoms with Gasteiger partial charge in [-0.2, -0.15) is 0 Å². The summed E-state index contributed by atoms with van der Waals surface area (Å²) in [5, 5.41) is 0. The minimum atomic E-state index is -0.0387. The first kappa shape index (κ1) is 13.5. The molecule has 0 radical (unpaired) electrons. The Bertz CT molecular complexity index is 485. The van der Waals surface area contributed by atoms with E-state index in [4.69, 9.17) is 10.6 Å². The summed E-state index contributed by atoms with van der Waals surface area (Å²) in [6, 6.07) is 11.8. The van der Waals surface area contributed by atoms with Gasteiger partial charge >= 0.3 is 0 Å². The van der Waals surface area contributed by atoms with E-state index in [0.29, 0.717) is 0 Å². The molecule has 0 aliphatic heterocycles. The number of rotatable bonds is 6. The Morgan fingerprint density at radius 3 is 2.32 bits per heavy atom. The van der Waals surface area contributed by atoms with Crippen LogP contribution < -0.4 is 16.0 Å². The van der Waals surface area contributed by atoms with Gasteiger partial charge in [-0.05, 0) is 41.8 Å². The van der Waals surface area contributed by atoms with Gasteiger partial charge in [0.2, 0.25) is 0 Å². The zero-order valence-corrected chi connectivity index (χ0v) is 11.0. The van der Waals surface area contributed by atoms with Crippen molar-refractivity contribution in [3.05, 3.63) is 59.9 Å². The topological polar surface area (TPSA) is 60.2 Å². The number of hydrazine groups is 1. The maximum absolute atomic E-state index is 5.65. The molecule has 0 spiro atoms. The highest BCUT2D eigenvalue weighted by molar-refractivity contribution is 5.34. The van der Waals surface area contributed by atoms with Crippen molar-refractivity contribution in [2.24, 2.45) is 5.84 Å². The minimum absolute atomic E-state index is 0.0387. The van der Waals surface area contributed by atoms with Gasteiger partial charge in [0, 0.05) is 12.4 Å². The molecule has 0 saturated carbocycles. The molecule has 0 aliphatic rings. The fraction of sp³-hybridized carbons (Fsp3) is 0.267. The zero-order chi connectivity index (χ0) is 13.5. The summed E-state index contributed by atoms with van der Waals surface area (Å²) in [7, 11) is 0. The van der Waals surface area contributed by atoms with Crippen molar-refractivity contribution >= 4 is 0 Å². The van der Waals surface area contributed by atoms with E-state index >= 15 is 0 Å². The van der Waals surface area contributed by atoms with Gasteiger partial charge in [0.05, 0.1) is 12.6 Å². The van der Waals surface area contributed by atoms with Crippen molar-refractivity contribution in [1.82, 2.24) is 10.4 Å². The molecule has 1 heterocycles. The van der Waals surface area contributed by atoms with Crippen molar-refractivity contribution in [3.63, 3.8) is 0 Å². The molecule has 4 heteroatoms. The number of pyridine rings is 1. The maximum Gasteiger partial charge on any atom is 0.119 e. The average molecular weight is 257 g/mol. The van der Waals surface area contributed by atoms with Gasteiger partial charge in [0.1, 0.15) is 5.75 Å². The van der Waals surface area contributed by atoms with Gasteiger partial charge in [0.15, 0.2) is 0 Å². The van der Waals surface area contributed by atoms with Crippen LogP contribution in [0.1, 0.15) is 30.5 Å². The third-order valence-electron chi connectivity index (χ3n) is 2.89. The van der Waals surface area contributed by atoms with E-state index in [0.717, 1.165) is 29.9 Å². The van der Waals surface area contributed by atoms with E-state index in [1.807, 2.05) is 36.4 Å². The van der Waals surface area contributed by atoms with Gasteiger partial charge in [0.25, 0.3) is 0 Å². The third kappa shape index (κ3) is 3.53. The van der Waals surface area contributed by atoms with Gasteiger partial charge in [-0.1, -0.05) is 19.1 Å². The Morgan fingerprint density at radius 2 is 1.74 bits per heavy atom. The van der Waals surface area contributed by atoms with Crippen molar-refractivity contribution < 1.29 is 4.74 Å². The molecule has 3 N–H and O–H groups in total. The lowest BCUT2D eigenvalue weighted by Gasteiger charge is -2.17. The van der Waals surface area contributed by atoms with E-state index in [1.54, 1.807) is 12.4 Å². The highest BCUT2D eigenvalue weighted by Gasteiger charge is 2.11. The number of aromatic nitrogens is 1. The summed E-state index contributed by atoms with van der Waals surface area (Å²) in [4.78, 5) is 4.01. The normalized spacial score (nSPS) is 12.1. The SMILES string of the molecule is CCCOc1ccc(C(NN)c2ccncc2)cc1. The van der Waals surface area contributed by atoms with Gasteiger partial charge < -0.3 is 4.74 Å². The molecule has 100 valence electrons. The van der Waals surface area contributed by atoms with Gasteiger partial charge in [-0.3, -0.25) is 10.8 Å². The van der Waals surface area contributed by atoms with Crippen LogP contribution in [0.3, 0.4) is 0 Å². The van der Waals surface area contributed by atoms with Crippen LogP contribution in [0.15, 0.2) is 48.8 Å². The Labute approximate surface area is 113 Å². The molecule has 1 aromatic carbocycles. The van der Waals surface area contributed by atoms with E-state index in [9.17, 15) is 0 Å². The summed E-state index contributed by atoms with van der Waals surface area (Å²) in [6.45, 7) is 2.83. The molecule has 0 aliphatic carbocycles. The number of ether oxygens (including phenoxy) is 1. The maximum atomic E-state index is 5.65. The van der Waals surface area contributed by atoms with Crippen LogP contribution in [0.5, 0.6) is 5.75 Å². The minimum Gasteiger partial charge on any atom is -0.494 e. The second kappa shape index (κ2) is 6.87. The van der Waals surface area contributed by atoms with Crippen LogP contribution in [0.2, 0.25) is 0 Å². The lowest BCUT2D eigenvalue weighted by molar-refractivity contribution is 0.317. The van der Waals surface area contributed by atoms with Crippen LogP contribution >= 0.6 is 0 Å². The van der Waals surface area contributed by atoms with Crippen LogP contribution in [0.25, 0.3) is 0 Å². The first-order valence-corrected chi connectivity index (χ1v) is 6.44. The van der Waals surface area contributed by atoms with Gasteiger partial charge in [-0.25, -0.2) is 5.43 Å². The first-order chi connectivity index (χ1) is 9.35. The molecule has 1 unspecified atom stereocenters. The van der Waals surface area contributed by atoms with E-state index < -0.39 is 0 Å². The quantitative estimate of drug-likeness (QED) is 0.616. The monoisotopic (exact) mass is 257 g/mol. The molecule has 0 amide bonds. The highest BCUT2D eigenvalue weighted by Crippen LogP contribution is 2.23. The Morgan fingerprint density at radius 1 is 1.11 bits per heavy atom.